The molecule has 3 aliphatic rings. The molecule has 0 aromatic heterocycles. The van der Waals surface area contributed by atoms with Crippen molar-refractivity contribution in [3.8, 4) is 11.5 Å². The second-order valence-corrected chi connectivity index (χ2v) is 10.5. The van der Waals surface area contributed by atoms with E-state index in [9.17, 15) is 9.59 Å². The lowest BCUT2D eigenvalue weighted by Gasteiger charge is -2.37. The van der Waals surface area contributed by atoms with Crippen LogP contribution in [-0.4, -0.2) is 37.8 Å². The molecule has 2 aromatic carbocycles. The van der Waals surface area contributed by atoms with Crippen LogP contribution in [0.1, 0.15) is 68.4 Å². The molecule has 0 radical (unpaired) electrons. The van der Waals surface area contributed by atoms with Gasteiger partial charge >= 0.3 is 5.97 Å². The van der Waals surface area contributed by atoms with Crippen LogP contribution in [0.2, 0.25) is 5.02 Å². The normalized spacial score (nSPS) is 23.9. The van der Waals surface area contributed by atoms with E-state index >= 15 is 0 Å². The lowest BCUT2D eigenvalue weighted by molar-refractivity contribution is -0.151. The fraction of sp³-hybridized carbons (Fsp3) is 0.433. The summed E-state index contributed by atoms with van der Waals surface area (Å²) in [5.41, 5.74) is 3.72. The van der Waals surface area contributed by atoms with Crippen molar-refractivity contribution in [2.45, 2.75) is 63.4 Å². The Labute approximate surface area is 222 Å². The van der Waals surface area contributed by atoms with Crippen LogP contribution in [0.5, 0.6) is 11.5 Å². The molecule has 7 heteroatoms. The number of methoxy groups -OCH3 is 2. The van der Waals surface area contributed by atoms with Gasteiger partial charge in [-0.05, 0) is 74.3 Å². The van der Waals surface area contributed by atoms with Gasteiger partial charge in [0.2, 0.25) is 0 Å². The van der Waals surface area contributed by atoms with Gasteiger partial charge in [0.25, 0.3) is 0 Å². The molecule has 5 rings (SSSR count). The average Bonchev–Trinajstić information content (AvgIpc) is 3.40. The zero-order valence-corrected chi connectivity index (χ0v) is 22.2. The molecule has 1 fully saturated rings. The van der Waals surface area contributed by atoms with E-state index in [2.05, 4.69) is 0 Å². The minimum absolute atomic E-state index is 0.0131. The third kappa shape index (κ3) is 4.91. The number of carbonyl (C=O) groups excluding carboxylic acids is 2. The number of rotatable bonds is 6. The van der Waals surface area contributed by atoms with Gasteiger partial charge in [-0.25, -0.2) is 0 Å². The number of carbonyl (C=O) groups is 2. The fourth-order valence-corrected chi connectivity index (χ4v) is 6.27. The van der Waals surface area contributed by atoms with Crippen LogP contribution >= 0.6 is 11.6 Å². The maximum atomic E-state index is 13.8. The van der Waals surface area contributed by atoms with Crippen molar-refractivity contribution in [2.75, 3.05) is 14.2 Å². The first kappa shape index (κ1) is 25.5. The van der Waals surface area contributed by atoms with Crippen molar-refractivity contribution in [3.63, 3.8) is 0 Å². The largest absolute Gasteiger partial charge is 0.493 e. The van der Waals surface area contributed by atoms with Gasteiger partial charge in [-0.15, -0.1) is 0 Å². The van der Waals surface area contributed by atoms with E-state index < -0.39 is 11.8 Å². The van der Waals surface area contributed by atoms with Crippen molar-refractivity contribution in [1.82, 2.24) is 0 Å². The maximum Gasteiger partial charge on any atom is 0.315 e. The highest BCUT2D eigenvalue weighted by molar-refractivity contribution is 6.31. The molecule has 37 heavy (non-hydrogen) atoms. The predicted octanol–water partition coefficient (Wildman–Crippen LogP) is 6.42. The molecule has 2 aliphatic carbocycles. The van der Waals surface area contributed by atoms with Crippen LogP contribution in [0, 0.1) is 5.92 Å². The Hall–Kier alpha value is -3.12. The smallest absolute Gasteiger partial charge is 0.315 e. The lowest BCUT2D eigenvalue weighted by Crippen LogP contribution is -2.39. The monoisotopic (exact) mass is 521 g/mol. The molecule has 0 N–H and O–H groups in total. The van der Waals surface area contributed by atoms with E-state index in [-0.39, 0.29) is 23.8 Å². The summed E-state index contributed by atoms with van der Waals surface area (Å²) in [6.07, 6.45) is 4.72. The standard InChI is InChI=1S/C30H32ClNO5/c1-17-27(30(34)37-20-8-4-5-9-20)28(21-10-6-7-11-22(21)31)29-23(32-17)14-19(15-24(29)33)18-12-13-25(35-2)26(16-18)36-3/h6-7,10-13,16,19-20,27-28H,4-5,8-9,14-15H2,1-3H3/t19-,27?,28+/m1/s1. The molecule has 2 aromatic rings. The summed E-state index contributed by atoms with van der Waals surface area (Å²) in [5.74, 6) is -0.326. The number of nitrogens with zero attached hydrogens (tertiary/aromatic N) is 1. The number of halogens is 1. The molecule has 0 amide bonds. The molecule has 6 nitrogen and oxygen atoms in total. The third-order valence-electron chi connectivity index (χ3n) is 7.85. The van der Waals surface area contributed by atoms with E-state index in [1.54, 1.807) is 20.3 Å². The second kappa shape index (κ2) is 10.7. The van der Waals surface area contributed by atoms with Gasteiger partial charge in [0.05, 0.1) is 14.2 Å². The Kier molecular flexibility index (Phi) is 7.38. The molecular weight excluding hydrogens is 490 g/mol. The van der Waals surface area contributed by atoms with Crippen molar-refractivity contribution < 1.29 is 23.8 Å². The first-order valence-corrected chi connectivity index (χ1v) is 13.3. The number of esters is 1. The quantitative estimate of drug-likeness (QED) is 0.410. The van der Waals surface area contributed by atoms with Gasteiger partial charge in [-0.2, -0.15) is 0 Å². The minimum atomic E-state index is -0.680. The maximum absolute atomic E-state index is 13.8. The van der Waals surface area contributed by atoms with E-state index in [0.29, 0.717) is 40.6 Å². The van der Waals surface area contributed by atoms with Gasteiger partial charge in [-0.3, -0.25) is 14.6 Å². The topological polar surface area (TPSA) is 74.2 Å². The summed E-state index contributed by atoms with van der Waals surface area (Å²) in [4.78, 5) is 32.2. The molecule has 3 atom stereocenters. The number of hydrogen-bond acceptors (Lipinski definition) is 6. The van der Waals surface area contributed by atoms with E-state index in [1.807, 2.05) is 43.3 Å². The lowest BCUT2D eigenvalue weighted by atomic mass is 9.69. The molecule has 194 valence electrons. The summed E-state index contributed by atoms with van der Waals surface area (Å²) >= 11 is 6.66. The Balaban J connectivity index is 1.54. The summed E-state index contributed by atoms with van der Waals surface area (Å²) in [5, 5.41) is 0.530. The number of hydrogen-bond donors (Lipinski definition) is 0. The van der Waals surface area contributed by atoms with E-state index in [0.717, 1.165) is 42.5 Å². The van der Waals surface area contributed by atoms with Crippen molar-refractivity contribution in [2.24, 2.45) is 10.9 Å². The third-order valence-corrected chi connectivity index (χ3v) is 8.19. The van der Waals surface area contributed by atoms with Crippen LogP contribution in [0.3, 0.4) is 0 Å². The molecule has 0 spiro atoms. The fourth-order valence-electron chi connectivity index (χ4n) is 6.01. The predicted molar refractivity (Wildman–Crippen MR) is 143 cm³/mol. The number of allylic oxidation sites excluding steroid dienone is 2. The zero-order chi connectivity index (χ0) is 26.1. The van der Waals surface area contributed by atoms with Crippen LogP contribution in [-0.2, 0) is 14.3 Å². The van der Waals surface area contributed by atoms with Crippen LogP contribution in [0.15, 0.2) is 58.7 Å². The summed E-state index contributed by atoms with van der Waals surface area (Å²) in [6.45, 7) is 1.86. The number of Topliss-reactive ketones (excluding diaryl/α,β-unsaturated/α-hetero) is 1. The van der Waals surface area contributed by atoms with Gasteiger partial charge in [-0.1, -0.05) is 35.9 Å². The summed E-state index contributed by atoms with van der Waals surface area (Å²) < 4.78 is 16.8. The Morgan fingerprint density at radius 1 is 1.00 bits per heavy atom. The molecule has 1 heterocycles. The molecule has 1 aliphatic heterocycles. The van der Waals surface area contributed by atoms with Gasteiger partial charge in [0.1, 0.15) is 12.0 Å². The number of ether oxygens (including phenoxy) is 3. The van der Waals surface area contributed by atoms with Crippen LogP contribution < -0.4 is 9.47 Å². The SMILES string of the molecule is COc1ccc([C@H]2CC(=O)C3=C(C2)N=C(C)C(C(=O)OC2CCCC2)[C@@H]3c2ccccc2Cl)cc1OC. The molecule has 1 unspecified atom stereocenters. The summed E-state index contributed by atoms with van der Waals surface area (Å²) in [7, 11) is 3.20. The van der Waals surface area contributed by atoms with E-state index in [1.165, 1.54) is 0 Å². The molecule has 0 saturated heterocycles. The molecule has 0 bridgehead atoms. The number of benzene rings is 2. The Morgan fingerprint density at radius 2 is 1.73 bits per heavy atom. The highest BCUT2D eigenvalue weighted by Gasteiger charge is 2.46. The van der Waals surface area contributed by atoms with Gasteiger partial charge in [0, 0.05) is 34.3 Å². The number of aliphatic imine (C=N–C) groups is 1. The second-order valence-electron chi connectivity index (χ2n) is 10.1. The van der Waals surface area contributed by atoms with Crippen molar-refractivity contribution >= 4 is 29.1 Å². The minimum Gasteiger partial charge on any atom is -0.493 e. The molecular formula is C30H32ClNO5. The number of ketones is 1. The zero-order valence-electron chi connectivity index (χ0n) is 21.5. The molecule has 1 saturated carbocycles. The van der Waals surface area contributed by atoms with Crippen LogP contribution in [0.25, 0.3) is 0 Å². The first-order chi connectivity index (χ1) is 17.9. The highest BCUT2D eigenvalue weighted by Crippen LogP contribution is 2.49. The average molecular weight is 522 g/mol. The van der Waals surface area contributed by atoms with Gasteiger partial charge in [0.15, 0.2) is 17.3 Å². The first-order valence-electron chi connectivity index (χ1n) is 12.9. The van der Waals surface area contributed by atoms with Crippen molar-refractivity contribution in [3.05, 3.63) is 69.9 Å². The summed E-state index contributed by atoms with van der Waals surface area (Å²) in [6, 6.07) is 13.2. The Bertz CT molecular complexity index is 1280. The van der Waals surface area contributed by atoms with E-state index in [4.69, 9.17) is 30.8 Å². The Morgan fingerprint density at radius 3 is 2.43 bits per heavy atom. The van der Waals surface area contributed by atoms with Gasteiger partial charge < -0.3 is 14.2 Å². The highest BCUT2D eigenvalue weighted by atomic mass is 35.5. The van der Waals surface area contributed by atoms with Crippen LogP contribution in [0.4, 0.5) is 0 Å². The van der Waals surface area contributed by atoms with Crippen molar-refractivity contribution in [1.29, 1.82) is 0 Å².